The number of hydrogen-bond acceptors (Lipinski definition) is 3. The summed E-state index contributed by atoms with van der Waals surface area (Å²) < 4.78 is 16.0. The number of carbonyl (C=O) groups is 2. The number of rotatable bonds is 5. The minimum atomic E-state index is -0.372. The van der Waals surface area contributed by atoms with Gasteiger partial charge in [0.15, 0.2) is 5.82 Å². The van der Waals surface area contributed by atoms with Crippen molar-refractivity contribution in [1.82, 2.24) is 15.1 Å². The standard InChI is InChI=1S/C20H16BrFN4O2/c21-15-11-26(10-12-5-1-4-8-16(12)22)25-19(15)24-18(27)9-17-13-6-2-3-7-14(13)20(28)23-17/h1-8,11,17H,9-10H2,(H,23,28)(H,24,25,27). The van der Waals surface area contributed by atoms with Gasteiger partial charge in [0.1, 0.15) is 5.82 Å². The molecule has 0 saturated heterocycles. The van der Waals surface area contributed by atoms with E-state index in [-0.39, 0.29) is 36.6 Å². The molecule has 0 spiro atoms. The van der Waals surface area contributed by atoms with Gasteiger partial charge in [0.25, 0.3) is 5.91 Å². The van der Waals surface area contributed by atoms with Crippen LogP contribution < -0.4 is 10.6 Å². The number of aromatic nitrogens is 2. The summed E-state index contributed by atoms with van der Waals surface area (Å²) >= 11 is 3.36. The van der Waals surface area contributed by atoms with Crippen LogP contribution in [0.3, 0.4) is 0 Å². The van der Waals surface area contributed by atoms with Crippen LogP contribution in [0.25, 0.3) is 0 Å². The summed E-state index contributed by atoms with van der Waals surface area (Å²) in [7, 11) is 0. The van der Waals surface area contributed by atoms with Crippen molar-refractivity contribution in [2.45, 2.75) is 19.0 Å². The first-order valence-corrected chi connectivity index (χ1v) is 9.46. The maximum Gasteiger partial charge on any atom is 0.252 e. The minimum absolute atomic E-state index is 0.0926. The van der Waals surface area contributed by atoms with E-state index >= 15 is 0 Å². The monoisotopic (exact) mass is 442 g/mol. The lowest BCUT2D eigenvalue weighted by Crippen LogP contribution is -2.24. The maximum atomic E-state index is 13.8. The van der Waals surface area contributed by atoms with Crippen LogP contribution in [0.5, 0.6) is 0 Å². The van der Waals surface area contributed by atoms with E-state index in [0.717, 1.165) is 5.56 Å². The molecule has 2 aromatic carbocycles. The summed E-state index contributed by atoms with van der Waals surface area (Å²) in [5.41, 5.74) is 1.91. The predicted octanol–water partition coefficient (Wildman–Crippen LogP) is 3.65. The van der Waals surface area contributed by atoms with Crippen molar-refractivity contribution in [1.29, 1.82) is 0 Å². The van der Waals surface area contributed by atoms with Crippen LogP contribution in [0, 0.1) is 5.82 Å². The Hall–Kier alpha value is -3.00. The number of anilines is 1. The molecule has 2 N–H and O–H groups in total. The molecule has 8 heteroatoms. The normalized spacial score (nSPS) is 15.2. The van der Waals surface area contributed by atoms with Crippen molar-refractivity contribution < 1.29 is 14.0 Å². The largest absolute Gasteiger partial charge is 0.345 e. The van der Waals surface area contributed by atoms with Crippen molar-refractivity contribution >= 4 is 33.6 Å². The SMILES string of the molecule is O=C(CC1NC(=O)c2ccccc21)Nc1nn(Cc2ccccc2F)cc1Br. The van der Waals surface area contributed by atoms with Crippen LogP contribution in [0.15, 0.2) is 59.2 Å². The lowest BCUT2D eigenvalue weighted by molar-refractivity contribution is -0.116. The second-order valence-electron chi connectivity index (χ2n) is 6.48. The van der Waals surface area contributed by atoms with E-state index in [0.29, 0.717) is 21.4 Å². The first-order chi connectivity index (χ1) is 13.5. The zero-order valence-corrected chi connectivity index (χ0v) is 16.2. The Kier molecular flexibility index (Phi) is 4.95. The number of nitrogens with zero attached hydrogens (tertiary/aromatic N) is 2. The molecule has 1 unspecified atom stereocenters. The highest BCUT2D eigenvalue weighted by atomic mass is 79.9. The Labute approximate surface area is 168 Å². The van der Waals surface area contributed by atoms with Gasteiger partial charge in [-0.05, 0) is 33.6 Å². The van der Waals surface area contributed by atoms with Gasteiger partial charge in [-0.2, -0.15) is 5.10 Å². The average Bonchev–Trinajstić information content (AvgIpc) is 3.17. The molecular formula is C20H16BrFN4O2. The first kappa shape index (κ1) is 18.4. The molecule has 0 bridgehead atoms. The fourth-order valence-corrected chi connectivity index (χ4v) is 3.63. The molecule has 0 fully saturated rings. The molecule has 1 aliphatic heterocycles. The van der Waals surface area contributed by atoms with Crippen LogP contribution in [0.4, 0.5) is 10.2 Å². The summed E-state index contributed by atoms with van der Waals surface area (Å²) in [4.78, 5) is 24.4. The third-order valence-electron chi connectivity index (χ3n) is 4.54. The van der Waals surface area contributed by atoms with E-state index in [2.05, 4.69) is 31.7 Å². The van der Waals surface area contributed by atoms with Crippen molar-refractivity contribution in [2.75, 3.05) is 5.32 Å². The average molecular weight is 443 g/mol. The van der Waals surface area contributed by atoms with Crippen LogP contribution >= 0.6 is 15.9 Å². The smallest absolute Gasteiger partial charge is 0.252 e. The highest BCUT2D eigenvalue weighted by molar-refractivity contribution is 9.10. The van der Waals surface area contributed by atoms with Gasteiger partial charge < -0.3 is 10.6 Å². The van der Waals surface area contributed by atoms with Crippen LogP contribution in [0.1, 0.15) is 33.9 Å². The second-order valence-corrected chi connectivity index (χ2v) is 7.33. The number of nitrogens with one attached hydrogen (secondary N) is 2. The molecule has 0 radical (unpaired) electrons. The molecule has 4 rings (SSSR count). The number of carbonyl (C=O) groups excluding carboxylic acids is 2. The van der Waals surface area contributed by atoms with E-state index in [1.165, 1.54) is 6.07 Å². The number of benzene rings is 2. The first-order valence-electron chi connectivity index (χ1n) is 8.67. The number of fused-ring (bicyclic) bond motifs is 1. The lowest BCUT2D eigenvalue weighted by atomic mass is 10.0. The zero-order chi connectivity index (χ0) is 19.7. The van der Waals surface area contributed by atoms with E-state index in [1.807, 2.05) is 12.1 Å². The van der Waals surface area contributed by atoms with Crippen molar-refractivity contribution in [3.05, 3.63) is 81.7 Å². The van der Waals surface area contributed by atoms with E-state index in [4.69, 9.17) is 0 Å². The maximum absolute atomic E-state index is 13.8. The predicted molar refractivity (Wildman–Crippen MR) is 105 cm³/mol. The van der Waals surface area contributed by atoms with Gasteiger partial charge >= 0.3 is 0 Å². The Bertz CT molecular complexity index is 1070. The molecule has 1 aliphatic rings. The third kappa shape index (κ3) is 3.68. The van der Waals surface area contributed by atoms with E-state index in [9.17, 15) is 14.0 Å². The fourth-order valence-electron chi connectivity index (χ4n) is 3.21. The zero-order valence-electron chi connectivity index (χ0n) is 14.7. The molecule has 2 amide bonds. The minimum Gasteiger partial charge on any atom is -0.345 e. The summed E-state index contributed by atoms with van der Waals surface area (Å²) in [6, 6.07) is 13.3. The molecule has 3 aromatic rings. The highest BCUT2D eigenvalue weighted by Gasteiger charge is 2.29. The second kappa shape index (κ2) is 7.55. The van der Waals surface area contributed by atoms with Gasteiger partial charge in [0.05, 0.1) is 23.5 Å². The Morgan fingerprint density at radius 2 is 1.96 bits per heavy atom. The number of hydrogen-bond donors (Lipinski definition) is 2. The Morgan fingerprint density at radius 3 is 2.79 bits per heavy atom. The highest BCUT2D eigenvalue weighted by Crippen LogP contribution is 2.28. The lowest BCUT2D eigenvalue weighted by Gasteiger charge is -2.11. The van der Waals surface area contributed by atoms with Crippen molar-refractivity contribution in [2.24, 2.45) is 0 Å². The summed E-state index contributed by atoms with van der Waals surface area (Å²) in [6.07, 6.45) is 1.77. The van der Waals surface area contributed by atoms with E-state index < -0.39 is 0 Å². The van der Waals surface area contributed by atoms with Crippen LogP contribution in [-0.4, -0.2) is 21.6 Å². The van der Waals surface area contributed by atoms with Gasteiger partial charge in [0.2, 0.25) is 5.91 Å². The number of amides is 2. The summed E-state index contributed by atoms with van der Waals surface area (Å²) in [6.45, 7) is 0.243. The number of halogens is 2. The third-order valence-corrected chi connectivity index (χ3v) is 5.12. The van der Waals surface area contributed by atoms with Crippen molar-refractivity contribution in [3.63, 3.8) is 0 Å². The quantitative estimate of drug-likeness (QED) is 0.632. The molecule has 1 aromatic heterocycles. The molecule has 6 nitrogen and oxygen atoms in total. The molecule has 142 valence electrons. The molecular weight excluding hydrogens is 427 g/mol. The molecule has 2 heterocycles. The molecule has 0 saturated carbocycles. The van der Waals surface area contributed by atoms with Gasteiger partial charge in [0, 0.05) is 17.3 Å². The van der Waals surface area contributed by atoms with Gasteiger partial charge in [-0.15, -0.1) is 0 Å². The fraction of sp³-hybridized carbons (Fsp3) is 0.150. The topological polar surface area (TPSA) is 76.0 Å². The van der Waals surface area contributed by atoms with Gasteiger partial charge in [-0.1, -0.05) is 36.4 Å². The van der Waals surface area contributed by atoms with Crippen LogP contribution in [-0.2, 0) is 11.3 Å². The summed E-state index contributed by atoms with van der Waals surface area (Å²) in [5.74, 6) is -0.420. The summed E-state index contributed by atoms with van der Waals surface area (Å²) in [5, 5.41) is 9.86. The van der Waals surface area contributed by atoms with Gasteiger partial charge in [-0.3, -0.25) is 14.3 Å². The molecule has 28 heavy (non-hydrogen) atoms. The van der Waals surface area contributed by atoms with Crippen LogP contribution in [0.2, 0.25) is 0 Å². The Morgan fingerprint density at radius 1 is 1.21 bits per heavy atom. The van der Waals surface area contributed by atoms with E-state index in [1.54, 1.807) is 41.2 Å². The molecule has 1 atom stereocenters. The Balaban J connectivity index is 1.44. The molecule has 0 aliphatic carbocycles. The van der Waals surface area contributed by atoms with Gasteiger partial charge in [-0.25, -0.2) is 4.39 Å². The van der Waals surface area contributed by atoms with Crippen molar-refractivity contribution in [3.8, 4) is 0 Å².